The van der Waals surface area contributed by atoms with E-state index in [1.807, 2.05) is 0 Å². The summed E-state index contributed by atoms with van der Waals surface area (Å²) < 4.78 is 46.6. The number of hydrogen-bond donors (Lipinski definition) is 2. The van der Waals surface area contributed by atoms with Gasteiger partial charge in [0.2, 0.25) is 11.8 Å². The highest BCUT2D eigenvalue weighted by Crippen LogP contribution is 2.31. The van der Waals surface area contributed by atoms with Crippen LogP contribution in [0, 0.1) is 5.41 Å². The number of carbonyl (C=O) groups is 4. The van der Waals surface area contributed by atoms with Crippen LogP contribution in [0.25, 0.3) is 5.69 Å². The number of aliphatic carboxylic acids is 1. The maximum absolute atomic E-state index is 13.5. The SMILES string of the molecule is CC(C)(C)C(=O)COc1cc(C(=O)N[C@@H](CCC(=O)O)C(=O)N2CCN(c3cc(C(F)(F)F)ccn3)CC2)nn1-c1ccccc1. The van der Waals surface area contributed by atoms with Crippen molar-refractivity contribution in [3.63, 3.8) is 0 Å². The van der Waals surface area contributed by atoms with Crippen LogP contribution in [0.2, 0.25) is 0 Å². The number of anilines is 1. The molecule has 3 aromatic rings. The van der Waals surface area contributed by atoms with Crippen LogP contribution < -0.4 is 15.0 Å². The second kappa shape index (κ2) is 14.0. The van der Waals surface area contributed by atoms with Gasteiger partial charge in [0.25, 0.3) is 5.91 Å². The molecule has 0 aliphatic carbocycles. The number of amides is 2. The largest absolute Gasteiger partial charge is 0.481 e. The topological polar surface area (TPSA) is 147 Å². The molecule has 1 aliphatic rings. The number of pyridine rings is 1. The summed E-state index contributed by atoms with van der Waals surface area (Å²) in [5.74, 6) is -2.42. The molecule has 2 aromatic heterocycles. The summed E-state index contributed by atoms with van der Waals surface area (Å²) in [5.41, 5.74) is -1.08. The van der Waals surface area contributed by atoms with Gasteiger partial charge in [-0.2, -0.15) is 18.3 Å². The first-order chi connectivity index (χ1) is 21.6. The van der Waals surface area contributed by atoms with Gasteiger partial charge in [-0.1, -0.05) is 39.0 Å². The zero-order valence-electron chi connectivity index (χ0n) is 25.6. The number of para-hydroxylation sites is 1. The Labute approximate surface area is 263 Å². The monoisotopic (exact) mass is 644 g/mol. The molecule has 46 heavy (non-hydrogen) atoms. The highest BCUT2D eigenvalue weighted by molar-refractivity contribution is 5.96. The van der Waals surface area contributed by atoms with Gasteiger partial charge < -0.3 is 25.0 Å². The van der Waals surface area contributed by atoms with E-state index in [1.54, 1.807) is 56.0 Å². The van der Waals surface area contributed by atoms with Gasteiger partial charge in [0.05, 0.1) is 11.3 Å². The highest BCUT2D eigenvalue weighted by Gasteiger charge is 2.33. The number of halogens is 3. The van der Waals surface area contributed by atoms with Crippen LogP contribution in [-0.2, 0) is 20.6 Å². The molecule has 0 spiro atoms. The summed E-state index contributed by atoms with van der Waals surface area (Å²) in [5, 5.41) is 16.2. The number of carboxylic acid groups (broad SMARTS) is 1. The molecule has 4 rings (SSSR count). The minimum absolute atomic E-state index is 0.110. The number of carbonyl (C=O) groups excluding carboxylic acids is 3. The Bertz CT molecular complexity index is 1560. The highest BCUT2D eigenvalue weighted by atomic mass is 19.4. The number of ether oxygens (including phenoxy) is 1. The van der Waals surface area contributed by atoms with Crippen molar-refractivity contribution < 1.29 is 42.2 Å². The van der Waals surface area contributed by atoms with Gasteiger partial charge in [-0.05, 0) is 30.7 Å². The number of ketones is 1. The molecule has 2 amide bonds. The lowest BCUT2D eigenvalue weighted by Crippen LogP contribution is -2.55. The molecule has 12 nitrogen and oxygen atoms in total. The first-order valence-corrected chi connectivity index (χ1v) is 14.5. The Balaban J connectivity index is 1.49. The van der Waals surface area contributed by atoms with Gasteiger partial charge in [-0.3, -0.25) is 19.2 Å². The van der Waals surface area contributed by atoms with Crippen molar-refractivity contribution in [2.75, 3.05) is 37.7 Å². The van der Waals surface area contributed by atoms with Crippen molar-refractivity contribution in [2.24, 2.45) is 5.41 Å². The molecule has 1 aromatic carbocycles. The zero-order valence-corrected chi connectivity index (χ0v) is 25.6. The number of nitrogens with one attached hydrogen (secondary N) is 1. The van der Waals surface area contributed by atoms with Gasteiger partial charge in [-0.15, -0.1) is 0 Å². The lowest BCUT2D eigenvalue weighted by molar-refractivity contribution is -0.138. The van der Waals surface area contributed by atoms with Gasteiger partial charge in [0, 0.05) is 50.3 Å². The summed E-state index contributed by atoms with van der Waals surface area (Å²) in [6.07, 6.45) is -4.07. The number of aromatic nitrogens is 3. The first kappa shape index (κ1) is 33.9. The average molecular weight is 645 g/mol. The molecule has 1 aliphatic heterocycles. The van der Waals surface area contributed by atoms with Crippen molar-refractivity contribution in [2.45, 2.75) is 45.8 Å². The lowest BCUT2D eigenvalue weighted by Gasteiger charge is -2.37. The molecular formula is C31H35F3N6O6. The molecule has 15 heteroatoms. The van der Waals surface area contributed by atoms with Crippen molar-refractivity contribution in [1.29, 1.82) is 0 Å². The molecule has 0 radical (unpaired) electrons. The van der Waals surface area contributed by atoms with E-state index >= 15 is 0 Å². The normalized spacial score (nSPS) is 14.5. The van der Waals surface area contributed by atoms with E-state index < -0.39 is 47.4 Å². The molecular weight excluding hydrogens is 609 g/mol. The van der Waals surface area contributed by atoms with Gasteiger partial charge in [0.15, 0.2) is 11.5 Å². The number of benzene rings is 1. The summed E-state index contributed by atoms with van der Waals surface area (Å²) >= 11 is 0. The van der Waals surface area contributed by atoms with E-state index in [-0.39, 0.29) is 62.4 Å². The van der Waals surface area contributed by atoms with Gasteiger partial charge in [0.1, 0.15) is 18.5 Å². The van der Waals surface area contributed by atoms with Crippen molar-refractivity contribution in [1.82, 2.24) is 25.0 Å². The maximum Gasteiger partial charge on any atom is 0.416 e. The summed E-state index contributed by atoms with van der Waals surface area (Å²) in [4.78, 5) is 57.9. The van der Waals surface area contributed by atoms with Crippen molar-refractivity contribution in [3.05, 3.63) is 66.0 Å². The van der Waals surface area contributed by atoms with Crippen LogP contribution in [0.15, 0.2) is 54.7 Å². The fourth-order valence-corrected chi connectivity index (χ4v) is 4.59. The Morgan fingerprint density at radius 3 is 2.28 bits per heavy atom. The number of rotatable bonds is 11. The molecule has 3 heterocycles. The maximum atomic E-state index is 13.5. The summed E-state index contributed by atoms with van der Waals surface area (Å²) in [7, 11) is 0. The molecule has 0 saturated carbocycles. The van der Waals surface area contributed by atoms with Crippen LogP contribution in [0.1, 0.15) is 49.7 Å². The van der Waals surface area contributed by atoms with Gasteiger partial charge >= 0.3 is 12.1 Å². The number of piperazine rings is 1. The predicted octanol–water partition coefficient (Wildman–Crippen LogP) is 3.59. The summed E-state index contributed by atoms with van der Waals surface area (Å²) in [6, 6.07) is 10.7. The van der Waals surface area contributed by atoms with Crippen LogP contribution in [0.4, 0.5) is 19.0 Å². The Hall–Kier alpha value is -4.95. The fourth-order valence-electron chi connectivity index (χ4n) is 4.59. The van der Waals surface area contributed by atoms with Crippen LogP contribution >= 0.6 is 0 Å². The van der Waals surface area contributed by atoms with E-state index in [9.17, 15) is 37.5 Å². The van der Waals surface area contributed by atoms with Crippen LogP contribution in [0.3, 0.4) is 0 Å². The lowest BCUT2D eigenvalue weighted by atomic mass is 9.91. The van der Waals surface area contributed by atoms with Crippen molar-refractivity contribution >= 4 is 29.4 Å². The third-order valence-corrected chi connectivity index (χ3v) is 7.34. The number of alkyl halides is 3. The number of carboxylic acids is 1. The average Bonchev–Trinajstić information content (AvgIpc) is 3.45. The molecule has 1 fully saturated rings. The third kappa shape index (κ3) is 8.61. The zero-order chi connectivity index (χ0) is 33.6. The summed E-state index contributed by atoms with van der Waals surface area (Å²) in [6.45, 7) is 5.56. The minimum atomic E-state index is -4.53. The Morgan fingerprint density at radius 2 is 1.67 bits per heavy atom. The molecule has 246 valence electrons. The predicted molar refractivity (Wildman–Crippen MR) is 160 cm³/mol. The third-order valence-electron chi connectivity index (χ3n) is 7.34. The van der Waals surface area contributed by atoms with Crippen molar-refractivity contribution in [3.8, 4) is 11.6 Å². The van der Waals surface area contributed by atoms with Crippen LogP contribution in [0.5, 0.6) is 5.88 Å². The van der Waals surface area contributed by atoms with E-state index in [1.165, 1.54) is 15.6 Å². The number of hydrogen-bond acceptors (Lipinski definition) is 8. The molecule has 1 atom stereocenters. The molecule has 0 bridgehead atoms. The first-order valence-electron chi connectivity index (χ1n) is 14.5. The molecule has 1 saturated heterocycles. The Kier molecular flexibility index (Phi) is 10.3. The Morgan fingerprint density at radius 1 is 1.00 bits per heavy atom. The second-order valence-electron chi connectivity index (χ2n) is 11.7. The number of Topliss-reactive ketones (excluding diaryl/α,β-unsaturated/α-hetero) is 1. The quantitative estimate of drug-likeness (QED) is 0.320. The standard InChI is InChI=1S/C31H35F3N6O6/c1-30(2,3)24(41)19-46-26-18-23(37-40(26)21-7-5-4-6-8-21)28(44)36-22(9-10-27(42)43)29(45)39-15-13-38(14-16-39)25-17-20(11-12-35-25)31(32,33)34/h4-8,11-12,17-18,22H,9-10,13-16,19H2,1-3H3,(H,36,44)(H,42,43)/t22-/m0/s1. The minimum Gasteiger partial charge on any atom is -0.481 e. The fraction of sp³-hybridized carbons (Fsp3) is 0.419. The second-order valence-corrected chi connectivity index (χ2v) is 11.7. The van der Waals surface area contributed by atoms with Gasteiger partial charge in [-0.25, -0.2) is 9.67 Å². The number of nitrogens with zero attached hydrogens (tertiary/aromatic N) is 5. The molecule has 0 unspecified atom stereocenters. The smallest absolute Gasteiger partial charge is 0.416 e. The van der Waals surface area contributed by atoms with E-state index in [0.29, 0.717) is 5.69 Å². The van der Waals surface area contributed by atoms with E-state index in [0.717, 1.165) is 18.3 Å². The van der Waals surface area contributed by atoms with E-state index in [4.69, 9.17) is 4.74 Å². The van der Waals surface area contributed by atoms with E-state index in [2.05, 4.69) is 15.4 Å². The molecule has 2 N–H and O–H groups in total. The van der Waals surface area contributed by atoms with Crippen LogP contribution in [-0.4, -0.2) is 87.2 Å².